The average Bonchev–Trinajstić information content (AvgIpc) is 2.90. The van der Waals surface area contributed by atoms with Gasteiger partial charge in [0.1, 0.15) is 0 Å². The summed E-state index contributed by atoms with van der Waals surface area (Å²) < 4.78 is 0. The first-order valence-corrected chi connectivity index (χ1v) is 7.58. The van der Waals surface area contributed by atoms with Gasteiger partial charge in [-0.2, -0.15) is 0 Å². The number of fused-ring (bicyclic) bond motifs is 2. The number of piperidine rings is 1. The molecule has 2 nitrogen and oxygen atoms in total. The Morgan fingerprint density at radius 3 is 3.00 bits per heavy atom. The Morgan fingerprint density at radius 2 is 2.06 bits per heavy atom. The van der Waals surface area contributed by atoms with Crippen LogP contribution in [0.3, 0.4) is 0 Å². The molecule has 0 aromatic heterocycles. The monoisotopic (exact) mass is 232 g/mol. The van der Waals surface area contributed by atoms with Crippen LogP contribution in [0.2, 0.25) is 0 Å². The van der Waals surface area contributed by atoms with Gasteiger partial charge in [-0.15, -0.1) is 0 Å². The van der Waals surface area contributed by atoms with Crippen LogP contribution in [0.15, 0.2) is 12.2 Å². The van der Waals surface area contributed by atoms with Crippen molar-refractivity contribution in [3.8, 4) is 0 Å². The fourth-order valence-electron chi connectivity index (χ4n) is 4.62. The van der Waals surface area contributed by atoms with Crippen LogP contribution in [0.25, 0.3) is 0 Å². The van der Waals surface area contributed by atoms with Crippen molar-refractivity contribution in [2.75, 3.05) is 13.1 Å². The summed E-state index contributed by atoms with van der Waals surface area (Å²) in [4.78, 5) is 2.74. The zero-order valence-electron chi connectivity index (χ0n) is 10.6. The molecule has 2 aliphatic carbocycles. The molecule has 0 aromatic rings. The molecule has 0 amide bonds. The predicted molar refractivity (Wildman–Crippen MR) is 69.9 cm³/mol. The van der Waals surface area contributed by atoms with Gasteiger partial charge in [0.25, 0.3) is 0 Å². The van der Waals surface area contributed by atoms with Gasteiger partial charge < -0.3 is 5.32 Å². The van der Waals surface area contributed by atoms with Gasteiger partial charge >= 0.3 is 0 Å². The van der Waals surface area contributed by atoms with Crippen LogP contribution in [0.5, 0.6) is 0 Å². The van der Waals surface area contributed by atoms with Crippen molar-refractivity contribution >= 4 is 0 Å². The number of hydrogen-bond donors (Lipinski definition) is 1. The van der Waals surface area contributed by atoms with E-state index >= 15 is 0 Å². The van der Waals surface area contributed by atoms with E-state index < -0.39 is 0 Å². The second-order valence-electron chi connectivity index (χ2n) is 6.50. The standard InChI is InChI=1S/C15H24N2/c1-2-8-17-9-7-13(15(17)6-1)16-14-10-11-4-3-5-12(11)14/h3,5,11-16H,1-2,4,6-10H2. The van der Waals surface area contributed by atoms with Crippen molar-refractivity contribution in [1.29, 1.82) is 0 Å². The molecule has 0 aromatic carbocycles. The third kappa shape index (κ3) is 1.68. The second-order valence-corrected chi connectivity index (χ2v) is 6.50. The predicted octanol–water partition coefficient (Wildman–Crippen LogP) is 2.17. The van der Waals surface area contributed by atoms with Crippen molar-refractivity contribution in [3.05, 3.63) is 12.2 Å². The number of allylic oxidation sites excluding steroid dienone is 1. The van der Waals surface area contributed by atoms with Crippen LogP contribution in [-0.2, 0) is 0 Å². The van der Waals surface area contributed by atoms with E-state index in [9.17, 15) is 0 Å². The first-order chi connectivity index (χ1) is 8.42. The largest absolute Gasteiger partial charge is 0.309 e. The molecule has 94 valence electrons. The molecule has 4 aliphatic rings. The van der Waals surface area contributed by atoms with Crippen LogP contribution < -0.4 is 5.32 Å². The molecule has 5 atom stereocenters. The van der Waals surface area contributed by atoms with E-state index in [-0.39, 0.29) is 0 Å². The van der Waals surface area contributed by atoms with E-state index in [2.05, 4.69) is 22.4 Å². The molecule has 4 rings (SSSR count). The highest BCUT2D eigenvalue weighted by Gasteiger charge is 2.44. The molecule has 0 spiro atoms. The van der Waals surface area contributed by atoms with E-state index in [0.29, 0.717) is 0 Å². The second kappa shape index (κ2) is 4.10. The van der Waals surface area contributed by atoms with Gasteiger partial charge in [-0.1, -0.05) is 18.6 Å². The molecule has 17 heavy (non-hydrogen) atoms. The van der Waals surface area contributed by atoms with Crippen molar-refractivity contribution in [2.24, 2.45) is 11.8 Å². The van der Waals surface area contributed by atoms with Crippen molar-refractivity contribution in [3.63, 3.8) is 0 Å². The zero-order valence-corrected chi connectivity index (χ0v) is 10.6. The van der Waals surface area contributed by atoms with Crippen LogP contribution in [-0.4, -0.2) is 36.1 Å². The Kier molecular flexibility index (Phi) is 2.55. The Hall–Kier alpha value is -0.340. The molecular weight excluding hydrogens is 208 g/mol. The Morgan fingerprint density at radius 1 is 1.06 bits per heavy atom. The number of rotatable bonds is 2. The van der Waals surface area contributed by atoms with Crippen molar-refractivity contribution in [1.82, 2.24) is 10.2 Å². The lowest BCUT2D eigenvalue weighted by Crippen LogP contribution is -2.55. The third-order valence-corrected chi connectivity index (χ3v) is 5.65. The van der Waals surface area contributed by atoms with E-state index in [1.54, 1.807) is 0 Å². The summed E-state index contributed by atoms with van der Waals surface area (Å²) in [6.07, 6.45) is 13.4. The summed E-state index contributed by atoms with van der Waals surface area (Å²) in [6.45, 7) is 2.71. The van der Waals surface area contributed by atoms with Gasteiger partial charge in [-0.3, -0.25) is 4.90 Å². The maximum Gasteiger partial charge on any atom is 0.0249 e. The quantitative estimate of drug-likeness (QED) is 0.734. The molecule has 0 radical (unpaired) electrons. The highest BCUT2D eigenvalue weighted by atomic mass is 15.2. The molecular formula is C15H24N2. The number of nitrogens with zero attached hydrogens (tertiary/aromatic N) is 1. The van der Waals surface area contributed by atoms with Gasteiger partial charge in [-0.25, -0.2) is 0 Å². The van der Waals surface area contributed by atoms with Gasteiger partial charge in [0.15, 0.2) is 0 Å². The fraction of sp³-hybridized carbons (Fsp3) is 0.867. The Bertz CT molecular complexity index is 325. The molecule has 2 heterocycles. The van der Waals surface area contributed by atoms with Gasteiger partial charge in [0, 0.05) is 24.7 Å². The molecule has 0 bridgehead atoms. The van der Waals surface area contributed by atoms with Crippen LogP contribution in [0, 0.1) is 11.8 Å². The molecule has 1 N–H and O–H groups in total. The molecule has 2 saturated heterocycles. The minimum atomic E-state index is 0.801. The first-order valence-electron chi connectivity index (χ1n) is 7.58. The third-order valence-electron chi connectivity index (χ3n) is 5.65. The van der Waals surface area contributed by atoms with Crippen molar-refractivity contribution < 1.29 is 0 Å². The van der Waals surface area contributed by atoms with Crippen LogP contribution >= 0.6 is 0 Å². The van der Waals surface area contributed by atoms with Crippen LogP contribution in [0.1, 0.15) is 38.5 Å². The topological polar surface area (TPSA) is 15.3 Å². The highest BCUT2D eigenvalue weighted by Crippen LogP contribution is 2.43. The smallest absolute Gasteiger partial charge is 0.0249 e. The number of nitrogens with one attached hydrogen (secondary N) is 1. The summed E-state index contributed by atoms with van der Waals surface area (Å²) in [5.41, 5.74) is 0. The summed E-state index contributed by atoms with van der Waals surface area (Å²) in [5, 5.41) is 3.99. The average molecular weight is 232 g/mol. The molecule has 2 heteroatoms. The van der Waals surface area contributed by atoms with E-state index in [1.807, 2.05) is 0 Å². The summed E-state index contributed by atoms with van der Waals surface area (Å²) in [6, 6.07) is 2.48. The molecule has 1 saturated carbocycles. The van der Waals surface area contributed by atoms with Crippen LogP contribution in [0.4, 0.5) is 0 Å². The van der Waals surface area contributed by atoms with E-state index in [1.165, 1.54) is 51.6 Å². The summed E-state index contributed by atoms with van der Waals surface area (Å²) >= 11 is 0. The zero-order chi connectivity index (χ0) is 11.2. The lowest BCUT2D eigenvalue weighted by molar-refractivity contribution is 0.124. The molecule has 2 aliphatic heterocycles. The van der Waals surface area contributed by atoms with Crippen molar-refractivity contribution in [2.45, 2.75) is 56.7 Å². The maximum absolute atomic E-state index is 3.99. The van der Waals surface area contributed by atoms with E-state index in [0.717, 1.165) is 30.0 Å². The summed E-state index contributed by atoms with van der Waals surface area (Å²) in [7, 11) is 0. The molecule has 3 fully saturated rings. The first kappa shape index (κ1) is 10.6. The minimum absolute atomic E-state index is 0.801. The van der Waals surface area contributed by atoms with Gasteiger partial charge in [0.05, 0.1) is 0 Å². The van der Waals surface area contributed by atoms with Gasteiger partial charge in [0.2, 0.25) is 0 Å². The SMILES string of the molecule is C1=CC2C(C1)CC2NC1CCN2CCCCC12. The normalized spacial score (nSPS) is 48.8. The minimum Gasteiger partial charge on any atom is -0.309 e. The maximum atomic E-state index is 3.99. The Labute approximate surface area is 104 Å². The summed E-state index contributed by atoms with van der Waals surface area (Å²) in [5.74, 6) is 1.88. The lowest BCUT2D eigenvalue weighted by atomic mass is 9.71. The van der Waals surface area contributed by atoms with E-state index in [4.69, 9.17) is 0 Å². The lowest BCUT2D eigenvalue weighted by Gasteiger charge is -2.44. The Balaban J connectivity index is 1.38. The fourth-order valence-corrected chi connectivity index (χ4v) is 4.62. The highest BCUT2D eigenvalue weighted by molar-refractivity contribution is 5.14. The number of hydrogen-bond acceptors (Lipinski definition) is 2. The van der Waals surface area contributed by atoms with Gasteiger partial charge in [-0.05, 0) is 50.5 Å². The molecule has 5 unspecified atom stereocenters.